The van der Waals surface area contributed by atoms with Crippen molar-refractivity contribution < 1.29 is 90.6 Å². The van der Waals surface area contributed by atoms with Gasteiger partial charge in [0, 0.05) is 101 Å². The number of non-ortho nitro benzene ring substituents is 1. The topological polar surface area (TPSA) is 298 Å². The second kappa shape index (κ2) is 76.0. The predicted molar refractivity (Wildman–Crippen MR) is 541 cm³/mol. The minimum Gasteiger partial charge on any atom is -0.464 e. The molecule has 0 bridgehead atoms. The van der Waals surface area contributed by atoms with Gasteiger partial charge in [-0.3, -0.25) is 82.9 Å². The van der Waals surface area contributed by atoms with E-state index in [0.717, 1.165) is 195 Å². The Balaban J connectivity index is 0.000000315. The Bertz CT molecular complexity index is 3580. The van der Waals surface area contributed by atoms with E-state index in [-0.39, 0.29) is 83.7 Å². The van der Waals surface area contributed by atoms with Gasteiger partial charge in [0.1, 0.15) is 77.5 Å². The lowest BCUT2D eigenvalue weighted by Crippen LogP contribution is -2.38. The molecule has 0 amide bonds. The first-order valence-corrected chi connectivity index (χ1v) is 54.3. The molecule has 131 heavy (non-hydrogen) atoms. The van der Waals surface area contributed by atoms with Gasteiger partial charge in [0.25, 0.3) is 5.69 Å². The minimum absolute atomic E-state index is 0.00177. The molecule has 8 aliphatic heterocycles. The van der Waals surface area contributed by atoms with Crippen LogP contribution in [0.1, 0.15) is 173 Å². The molecule has 5 unspecified atom stereocenters. The quantitative estimate of drug-likeness (QED) is 0.0128. The fourth-order valence-corrected chi connectivity index (χ4v) is 16.6. The molecule has 0 saturated carbocycles. The number of likely N-dealkylation sites (tertiary alicyclic amines) is 6. The number of aryl methyl sites for hydroxylation is 1. The van der Waals surface area contributed by atoms with Crippen molar-refractivity contribution in [3.8, 4) is 0 Å². The maximum atomic E-state index is 12.0. The Morgan fingerprint density at radius 1 is 0.374 bits per heavy atom. The van der Waals surface area contributed by atoms with Gasteiger partial charge in [0.2, 0.25) is 0 Å². The predicted octanol–water partition coefficient (Wildman–Crippen LogP) is 16.3. The highest BCUT2D eigenvalue weighted by molar-refractivity contribution is 9.12. The number of nitro benzene ring substituents is 1. The van der Waals surface area contributed by atoms with Gasteiger partial charge < -0.3 is 47.4 Å². The molecule has 0 radical (unpaired) electrons. The van der Waals surface area contributed by atoms with E-state index in [2.05, 4.69) is 173 Å². The van der Waals surface area contributed by atoms with Gasteiger partial charge in [-0.2, -0.15) is 0 Å². The largest absolute Gasteiger partial charge is 0.464 e. The first-order valence-electron chi connectivity index (χ1n) is 46.5. The summed E-state index contributed by atoms with van der Waals surface area (Å²) in [7, 11) is 0. The summed E-state index contributed by atoms with van der Waals surface area (Å²) in [6.07, 6.45) is 23.6. The molecule has 8 heterocycles. The van der Waals surface area contributed by atoms with Gasteiger partial charge in [-0.05, 0) is 202 Å². The molecule has 0 aliphatic carbocycles. The standard InChI is InChI=1S/C16H22BrNO2.C15H19BrN2O4.C15H20BrNO2.C11H20BrNO2.C10H16BrNO2.C10H18BrNO2.C9H16BrNO3.C8H14BrNO3/c1-13-5-7-14(8-6-13)15(17)16(19)20-12-11-18-9-3-2-4-10-18;16-14(12-4-6-13(7-5-12)18(20)21)15(19)22-11-10-17-8-2-1-3-9-17;16-14(13-7-3-1-4-8-13)15(18)19-12-11-17-9-5-2-6-10-17;1-10(9-12)11(14)15-8-7-13-5-3-2-4-6-13;1-9(11)10(13)14-8-7-12-5-3-2-4-6-12;11-5-4-10(13)14-9-8-12-6-2-1-3-7-12;1-8(10)9(12)14-7-4-11-2-5-13-6-3-11;9-7-8(11)13-6-3-10-1-4-12-5-2-10/h5-8,15H,2-4,9-12H2,1H3;4-7,14H,1-3,8-11H2;1,3-4,7-8,14H,2,5-6,9-12H2;10H,2-9H2,1H3;1-8H2;1-9H2;8H,2-7H2,1H3;1-7H2. The number of rotatable bonds is 38. The first kappa shape index (κ1) is 119. The highest BCUT2D eigenvalue weighted by Crippen LogP contribution is 2.28. The number of carbonyl (C=O) groups excluding carboxylic acids is 8. The van der Waals surface area contributed by atoms with Gasteiger partial charge >= 0.3 is 47.8 Å². The van der Waals surface area contributed by atoms with E-state index >= 15 is 0 Å². The normalized spacial score (nSPS) is 18.3. The SMILES string of the molecule is C=C(Br)C(=O)OCCN1CCCCC1.CC(Br)C(=O)OCCN1CCOCC1.CC(CBr)C(=O)OCCN1CCCCC1.Cc1ccc(C(Br)C(=O)OCCN2CCCCC2)cc1.O=C(CBr)OCCN1CCOCC1.O=C(CCBr)OCCN1CCCCC1.O=C(OCCN1CCCCC1)C(Br)c1ccc([N+](=O)[O-])cc1.O=C(OCCN1CCCCC1)C(Br)c1ccccc1. The molecule has 3 aromatic rings. The van der Waals surface area contributed by atoms with Crippen LogP contribution < -0.4 is 0 Å². The molecule has 0 aromatic heterocycles. The zero-order chi connectivity index (χ0) is 95.4. The molecule has 742 valence electrons. The molecule has 8 saturated heterocycles. The van der Waals surface area contributed by atoms with Crippen LogP contribution >= 0.6 is 127 Å². The number of nitrogens with zero attached hydrogens (tertiary/aromatic N) is 9. The van der Waals surface area contributed by atoms with Gasteiger partial charge in [-0.25, -0.2) is 4.79 Å². The van der Waals surface area contributed by atoms with E-state index in [1.165, 1.54) is 133 Å². The fourth-order valence-electron chi connectivity index (χ4n) is 14.3. The summed E-state index contributed by atoms with van der Waals surface area (Å²) >= 11 is 25.7. The van der Waals surface area contributed by atoms with E-state index in [1.54, 1.807) is 19.1 Å². The van der Waals surface area contributed by atoms with Crippen molar-refractivity contribution in [2.24, 2.45) is 5.92 Å². The lowest BCUT2D eigenvalue weighted by molar-refractivity contribution is -0.384. The molecule has 37 heteroatoms. The molecule has 0 spiro atoms. The van der Waals surface area contributed by atoms with Gasteiger partial charge in [0.15, 0.2) is 0 Å². The lowest BCUT2D eigenvalue weighted by Gasteiger charge is -2.26. The number of morpholine rings is 2. The second-order valence-corrected chi connectivity index (χ2v) is 39.7. The highest BCUT2D eigenvalue weighted by Gasteiger charge is 2.25. The van der Waals surface area contributed by atoms with Crippen LogP contribution in [-0.4, -0.2) is 349 Å². The van der Waals surface area contributed by atoms with Crippen molar-refractivity contribution in [3.05, 3.63) is 122 Å². The minimum atomic E-state index is -0.602. The number of esters is 8. The van der Waals surface area contributed by atoms with Crippen LogP contribution in [-0.2, 0) is 85.7 Å². The van der Waals surface area contributed by atoms with Crippen LogP contribution in [0.2, 0.25) is 0 Å². The number of ether oxygens (including phenoxy) is 10. The average molecular weight is 2360 g/mol. The van der Waals surface area contributed by atoms with Crippen LogP contribution in [0.5, 0.6) is 0 Å². The smallest absolute Gasteiger partial charge is 0.344 e. The third kappa shape index (κ3) is 57.9. The number of halogens is 8. The molecule has 11 rings (SSSR count). The Morgan fingerprint density at radius 2 is 0.649 bits per heavy atom. The van der Waals surface area contributed by atoms with E-state index in [4.69, 9.17) is 47.4 Å². The summed E-state index contributed by atoms with van der Waals surface area (Å²) in [6.45, 7) is 40.1. The zero-order valence-corrected chi connectivity index (χ0v) is 90.0. The number of hydrogen-bond acceptors (Lipinski definition) is 28. The molecular formula is C94H145Br8N9O20. The summed E-state index contributed by atoms with van der Waals surface area (Å²) in [5.41, 5.74) is 3.71. The summed E-state index contributed by atoms with van der Waals surface area (Å²) in [5, 5.41) is 12.2. The Labute approximate surface area is 846 Å². The van der Waals surface area contributed by atoms with Crippen LogP contribution in [0.3, 0.4) is 0 Å². The third-order valence-electron chi connectivity index (χ3n) is 22.2. The van der Waals surface area contributed by atoms with E-state index in [1.807, 2.05) is 68.4 Å². The molecule has 0 N–H and O–H groups in total. The number of carbonyl (C=O) groups is 8. The van der Waals surface area contributed by atoms with Crippen LogP contribution in [0.25, 0.3) is 0 Å². The van der Waals surface area contributed by atoms with Crippen LogP contribution in [0, 0.1) is 23.0 Å². The average Bonchev–Trinajstić information content (AvgIpc) is 0.950. The summed E-state index contributed by atoms with van der Waals surface area (Å²) in [5.74, 6) is -1.76. The molecule has 29 nitrogen and oxygen atoms in total. The number of piperidine rings is 6. The van der Waals surface area contributed by atoms with Gasteiger partial charge in [-0.1, -0.05) is 236 Å². The molecule has 8 fully saturated rings. The number of alkyl halides is 7. The highest BCUT2D eigenvalue weighted by atomic mass is 79.9. The van der Waals surface area contributed by atoms with Crippen molar-refractivity contribution >= 4 is 181 Å². The Kier molecular flexibility index (Phi) is 69.2. The van der Waals surface area contributed by atoms with Gasteiger partial charge in [-0.15, -0.1) is 0 Å². The van der Waals surface area contributed by atoms with E-state index in [9.17, 15) is 48.5 Å². The Morgan fingerprint density at radius 3 is 0.939 bits per heavy atom. The monoisotopic (exact) mass is 2350 g/mol. The van der Waals surface area contributed by atoms with E-state index < -0.39 is 9.75 Å². The van der Waals surface area contributed by atoms with Crippen LogP contribution in [0.4, 0.5) is 5.69 Å². The molecule has 8 aliphatic rings. The number of nitro groups is 1. The third-order valence-corrected chi connectivity index (χ3v) is 27.4. The first-order chi connectivity index (χ1) is 63.3. The lowest BCUT2D eigenvalue weighted by atomic mass is 10.1. The van der Waals surface area contributed by atoms with Crippen molar-refractivity contribution in [3.63, 3.8) is 0 Å². The van der Waals surface area contributed by atoms with Crippen LogP contribution in [0.15, 0.2) is 89.9 Å². The summed E-state index contributed by atoms with van der Waals surface area (Å²) in [6, 6.07) is 23.4. The van der Waals surface area contributed by atoms with Gasteiger partial charge in [0.05, 0.1) is 48.2 Å². The number of hydrogen-bond donors (Lipinski definition) is 0. The zero-order valence-electron chi connectivity index (χ0n) is 77.3. The van der Waals surface area contributed by atoms with Crippen molar-refractivity contribution in [2.45, 2.75) is 162 Å². The maximum absolute atomic E-state index is 12.0. The van der Waals surface area contributed by atoms with Crippen molar-refractivity contribution in [2.75, 3.05) is 252 Å². The van der Waals surface area contributed by atoms with Crippen molar-refractivity contribution in [1.82, 2.24) is 39.2 Å². The summed E-state index contributed by atoms with van der Waals surface area (Å²) < 4.78 is 51.9. The fraction of sp³-hybridized carbons (Fsp3) is 0.702. The number of benzene rings is 3. The Hall–Kier alpha value is -4.00. The second-order valence-electron chi connectivity index (χ2n) is 32.6. The summed E-state index contributed by atoms with van der Waals surface area (Å²) in [4.78, 5) is 118. The molecule has 5 atom stereocenters. The van der Waals surface area contributed by atoms with Crippen molar-refractivity contribution in [1.29, 1.82) is 0 Å². The molecular weight excluding hydrogens is 2210 g/mol. The molecule has 3 aromatic carbocycles. The maximum Gasteiger partial charge on any atom is 0.344 e. The van der Waals surface area contributed by atoms with E-state index in [0.29, 0.717) is 75.5 Å².